The molecule has 6 heteroatoms. The molecule has 0 radical (unpaired) electrons. The lowest BCUT2D eigenvalue weighted by Crippen LogP contribution is -2.25. The second kappa shape index (κ2) is 5.73. The lowest BCUT2D eigenvalue weighted by molar-refractivity contribution is -0.141. The van der Waals surface area contributed by atoms with Crippen LogP contribution in [-0.2, 0) is 9.59 Å². The van der Waals surface area contributed by atoms with E-state index < -0.39 is 11.9 Å². The summed E-state index contributed by atoms with van der Waals surface area (Å²) in [4.78, 5) is 29.2. The quantitative estimate of drug-likeness (QED) is 0.794. The highest BCUT2D eigenvalue weighted by Crippen LogP contribution is 2.30. The zero-order valence-electron chi connectivity index (χ0n) is 13.6. The average Bonchev–Trinajstić information content (AvgIpc) is 3.18. The molecule has 0 bridgehead atoms. The van der Waals surface area contributed by atoms with Gasteiger partial charge in [-0.15, -0.1) is 0 Å². The Bertz CT molecular complexity index is 975. The minimum atomic E-state index is -0.946. The first-order valence-electron chi connectivity index (χ1n) is 8.02. The number of aryl methyl sites for hydroxylation is 1. The van der Waals surface area contributed by atoms with E-state index >= 15 is 0 Å². The van der Waals surface area contributed by atoms with Gasteiger partial charge < -0.3 is 14.4 Å². The number of benzene rings is 2. The Kier molecular flexibility index (Phi) is 3.53. The summed E-state index contributed by atoms with van der Waals surface area (Å²) in [6.45, 7) is 2.19. The first-order chi connectivity index (χ1) is 12.0. The Hall–Kier alpha value is -3.15. The Morgan fingerprint density at radius 2 is 2.00 bits per heavy atom. The summed E-state index contributed by atoms with van der Waals surface area (Å²) in [5, 5.41) is 9.11. The van der Waals surface area contributed by atoms with Crippen molar-refractivity contribution in [3.63, 3.8) is 0 Å². The fourth-order valence-electron chi connectivity index (χ4n) is 3.02. The Morgan fingerprint density at radius 3 is 2.68 bits per heavy atom. The number of oxazole rings is 1. The minimum Gasteiger partial charge on any atom is -0.481 e. The van der Waals surface area contributed by atoms with E-state index in [1.54, 1.807) is 18.2 Å². The number of hydrogen-bond donors (Lipinski definition) is 1. The van der Waals surface area contributed by atoms with Gasteiger partial charge in [-0.25, -0.2) is 4.98 Å². The topological polar surface area (TPSA) is 83.6 Å². The monoisotopic (exact) mass is 336 g/mol. The molecule has 126 valence electrons. The molecule has 3 aromatic rings. The van der Waals surface area contributed by atoms with Gasteiger partial charge in [-0.2, -0.15) is 0 Å². The number of aliphatic carboxylic acids is 1. The van der Waals surface area contributed by atoms with Crippen LogP contribution in [0.5, 0.6) is 0 Å². The molecule has 1 fully saturated rings. The summed E-state index contributed by atoms with van der Waals surface area (Å²) < 4.78 is 5.84. The smallest absolute Gasteiger partial charge is 0.308 e. The molecule has 2 aromatic carbocycles. The van der Waals surface area contributed by atoms with E-state index in [2.05, 4.69) is 4.98 Å². The number of carboxylic acid groups (broad SMARTS) is 1. The molecule has 25 heavy (non-hydrogen) atoms. The number of hydrogen-bond acceptors (Lipinski definition) is 4. The predicted octanol–water partition coefficient (Wildman–Crippen LogP) is 3.24. The molecule has 0 saturated carbocycles. The predicted molar refractivity (Wildman–Crippen MR) is 92.3 cm³/mol. The van der Waals surface area contributed by atoms with Gasteiger partial charge in [-0.05, 0) is 31.2 Å². The van der Waals surface area contributed by atoms with Crippen molar-refractivity contribution >= 4 is 28.7 Å². The van der Waals surface area contributed by atoms with Gasteiger partial charge in [0.1, 0.15) is 5.52 Å². The van der Waals surface area contributed by atoms with E-state index in [-0.39, 0.29) is 18.9 Å². The van der Waals surface area contributed by atoms with Gasteiger partial charge in [0.15, 0.2) is 5.58 Å². The fraction of sp³-hybridized carbons (Fsp3) is 0.211. The molecule has 0 aliphatic carbocycles. The number of fused-ring (bicyclic) bond motifs is 1. The molecule has 4 rings (SSSR count). The van der Waals surface area contributed by atoms with E-state index in [1.807, 2.05) is 31.2 Å². The first kappa shape index (κ1) is 15.4. The minimum absolute atomic E-state index is 0.0262. The first-order valence-corrected chi connectivity index (χ1v) is 8.02. The van der Waals surface area contributed by atoms with E-state index in [0.29, 0.717) is 22.7 Å². The number of carboxylic acids is 1. The van der Waals surface area contributed by atoms with Crippen molar-refractivity contribution in [2.24, 2.45) is 5.92 Å². The molecule has 1 atom stereocenters. The van der Waals surface area contributed by atoms with Crippen LogP contribution in [0.2, 0.25) is 0 Å². The number of carbonyl (C=O) groups is 2. The molecule has 1 unspecified atom stereocenters. The van der Waals surface area contributed by atoms with Crippen molar-refractivity contribution in [2.75, 3.05) is 11.4 Å². The van der Waals surface area contributed by atoms with Crippen LogP contribution in [-0.4, -0.2) is 28.5 Å². The van der Waals surface area contributed by atoms with Crippen LogP contribution in [0.25, 0.3) is 22.6 Å². The van der Waals surface area contributed by atoms with Crippen LogP contribution in [0, 0.1) is 12.8 Å². The molecular weight excluding hydrogens is 320 g/mol. The third-order valence-corrected chi connectivity index (χ3v) is 4.46. The van der Waals surface area contributed by atoms with Gasteiger partial charge in [0.2, 0.25) is 11.8 Å². The molecule has 1 saturated heterocycles. The van der Waals surface area contributed by atoms with Crippen molar-refractivity contribution in [1.29, 1.82) is 0 Å². The lowest BCUT2D eigenvalue weighted by Gasteiger charge is -2.15. The maximum atomic E-state index is 12.1. The number of anilines is 1. The van der Waals surface area contributed by atoms with Crippen LogP contribution in [0.1, 0.15) is 12.0 Å². The number of amides is 1. The molecule has 1 N–H and O–H groups in total. The van der Waals surface area contributed by atoms with Crippen molar-refractivity contribution in [2.45, 2.75) is 13.3 Å². The largest absolute Gasteiger partial charge is 0.481 e. The van der Waals surface area contributed by atoms with Gasteiger partial charge in [0, 0.05) is 30.3 Å². The summed E-state index contributed by atoms with van der Waals surface area (Å²) in [6.07, 6.45) is 0.0262. The highest BCUT2D eigenvalue weighted by Gasteiger charge is 2.35. The van der Waals surface area contributed by atoms with Crippen LogP contribution >= 0.6 is 0 Å². The highest BCUT2D eigenvalue weighted by molar-refractivity contribution is 6.00. The van der Waals surface area contributed by atoms with Crippen LogP contribution in [0.4, 0.5) is 5.69 Å². The SMILES string of the molecule is Cc1ccc(-c2nc3ccc(N4CC(C(=O)O)CC4=O)cc3o2)cc1. The molecular formula is C19H16N2O4. The number of rotatable bonds is 3. The maximum Gasteiger partial charge on any atom is 0.308 e. The zero-order chi connectivity index (χ0) is 17.6. The van der Waals surface area contributed by atoms with Crippen molar-refractivity contribution in [1.82, 2.24) is 4.98 Å². The van der Waals surface area contributed by atoms with E-state index in [1.165, 1.54) is 4.90 Å². The number of aromatic nitrogens is 1. The summed E-state index contributed by atoms with van der Waals surface area (Å²) in [5.74, 6) is -1.28. The van der Waals surface area contributed by atoms with Crippen molar-refractivity contribution < 1.29 is 19.1 Å². The summed E-state index contributed by atoms with van der Waals surface area (Å²) >= 11 is 0. The third kappa shape index (κ3) is 2.76. The van der Waals surface area contributed by atoms with E-state index in [9.17, 15) is 9.59 Å². The standard InChI is InChI=1S/C19H16N2O4/c1-11-2-4-12(5-3-11)18-20-15-7-6-14(9-16(15)25-18)21-10-13(19(23)24)8-17(21)22/h2-7,9,13H,8,10H2,1H3,(H,23,24). The zero-order valence-corrected chi connectivity index (χ0v) is 13.6. The highest BCUT2D eigenvalue weighted by atomic mass is 16.4. The Labute approximate surface area is 143 Å². The second-order valence-electron chi connectivity index (χ2n) is 6.28. The maximum absolute atomic E-state index is 12.1. The molecule has 1 aliphatic heterocycles. The fourth-order valence-corrected chi connectivity index (χ4v) is 3.02. The summed E-state index contributed by atoms with van der Waals surface area (Å²) in [5.41, 5.74) is 3.93. The molecule has 0 spiro atoms. The van der Waals surface area contributed by atoms with Gasteiger partial charge in [0.25, 0.3) is 0 Å². The molecule has 1 aliphatic rings. The van der Waals surface area contributed by atoms with Crippen molar-refractivity contribution in [3.05, 3.63) is 48.0 Å². The molecule has 1 amide bonds. The Morgan fingerprint density at radius 1 is 1.24 bits per heavy atom. The molecule has 2 heterocycles. The van der Waals surface area contributed by atoms with Crippen molar-refractivity contribution in [3.8, 4) is 11.5 Å². The lowest BCUT2D eigenvalue weighted by atomic mass is 10.1. The molecule has 1 aromatic heterocycles. The van der Waals surface area contributed by atoms with Gasteiger partial charge in [-0.3, -0.25) is 9.59 Å². The third-order valence-electron chi connectivity index (χ3n) is 4.46. The van der Waals surface area contributed by atoms with Crippen LogP contribution in [0.3, 0.4) is 0 Å². The second-order valence-corrected chi connectivity index (χ2v) is 6.28. The van der Waals surface area contributed by atoms with E-state index in [4.69, 9.17) is 9.52 Å². The Balaban J connectivity index is 1.68. The number of carbonyl (C=O) groups excluding carboxylic acids is 1. The number of nitrogens with zero attached hydrogens (tertiary/aromatic N) is 2. The van der Waals surface area contributed by atoms with Gasteiger partial charge in [-0.1, -0.05) is 17.7 Å². The molecule has 6 nitrogen and oxygen atoms in total. The van der Waals surface area contributed by atoms with E-state index in [0.717, 1.165) is 11.1 Å². The normalized spacial score (nSPS) is 17.4. The van der Waals surface area contributed by atoms with Gasteiger partial charge >= 0.3 is 5.97 Å². The summed E-state index contributed by atoms with van der Waals surface area (Å²) in [6, 6.07) is 13.2. The average molecular weight is 336 g/mol. The van der Waals surface area contributed by atoms with Crippen LogP contribution < -0.4 is 4.90 Å². The van der Waals surface area contributed by atoms with Gasteiger partial charge in [0.05, 0.1) is 5.92 Å². The van der Waals surface area contributed by atoms with Crippen LogP contribution in [0.15, 0.2) is 46.9 Å². The summed E-state index contributed by atoms with van der Waals surface area (Å²) in [7, 11) is 0.